The van der Waals surface area contributed by atoms with Crippen LogP contribution >= 0.6 is 11.6 Å². The van der Waals surface area contributed by atoms with Crippen LogP contribution in [0.3, 0.4) is 0 Å². The first kappa shape index (κ1) is 20.7. The molecule has 4 heteroatoms. The predicted octanol–water partition coefficient (Wildman–Crippen LogP) is 6.67. The topological polar surface area (TPSA) is 38.3 Å². The normalized spacial score (nSPS) is 15.8. The standard InChI is InChI=1S/C24H30ClNO2/c1-3-4-16-28-22-13-12-21(17-18(22)2)26-23(27)24(14-6-5-7-15-24)19-8-10-20(25)11-9-19/h8-13,17H,3-7,14-16H2,1-2H3,(H,26,27). The van der Waals surface area contributed by atoms with Gasteiger partial charge in [-0.2, -0.15) is 0 Å². The fraction of sp³-hybridized carbons (Fsp3) is 0.458. The Labute approximate surface area is 173 Å². The molecule has 0 aromatic heterocycles. The number of amides is 1. The second-order valence-electron chi connectivity index (χ2n) is 7.79. The van der Waals surface area contributed by atoms with Gasteiger partial charge in [0.1, 0.15) is 5.75 Å². The van der Waals surface area contributed by atoms with E-state index < -0.39 is 5.41 Å². The van der Waals surface area contributed by atoms with Crippen LogP contribution in [0.1, 0.15) is 63.0 Å². The number of unbranched alkanes of at least 4 members (excludes halogenated alkanes) is 1. The molecule has 1 amide bonds. The molecule has 1 aliphatic carbocycles. The summed E-state index contributed by atoms with van der Waals surface area (Å²) in [6.07, 6.45) is 7.22. The SMILES string of the molecule is CCCCOc1ccc(NC(=O)C2(c3ccc(Cl)cc3)CCCCC2)cc1C. The highest BCUT2D eigenvalue weighted by Crippen LogP contribution is 2.41. The molecule has 150 valence electrons. The number of aryl methyl sites for hydroxylation is 1. The quantitative estimate of drug-likeness (QED) is 0.528. The van der Waals surface area contributed by atoms with E-state index in [9.17, 15) is 4.79 Å². The first-order valence-electron chi connectivity index (χ1n) is 10.4. The molecule has 3 rings (SSSR count). The molecular weight excluding hydrogens is 370 g/mol. The third kappa shape index (κ3) is 4.70. The summed E-state index contributed by atoms with van der Waals surface area (Å²) in [6.45, 7) is 4.89. The zero-order valence-electron chi connectivity index (χ0n) is 16.9. The molecule has 0 radical (unpaired) electrons. The summed E-state index contributed by atoms with van der Waals surface area (Å²) in [7, 11) is 0. The first-order chi connectivity index (χ1) is 13.5. The maximum atomic E-state index is 13.4. The maximum Gasteiger partial charge on any atom is 0.235 e. The Hall–Kier alpha value is -2.00. The van der Waals surface area contributed by atoms with E-state index in [2.05, 4.69) is 12.2 Å². The molecule has 1 saturated carbocycles. The summed E-state index contributed by atoms with van der Waals surface area (Å²) in [6, 6.07) is 13.7. The number of hydrogen-bond acceptors (Lipinski definition) is 2. The van der Waals surface area contributed by atoms with Gasteiger partial charge in [0.05, 0.1) is 12.0 Å². The van der Waals surface area contributed by atoms with Gasteiger partial charge in [-0.25, -0.2) is 0 Å². The van der Waals surface area contributed by atoms with Gasteiger partial charge in [0.15, 0.2) is 0 Å². The monoisotopic (exact) mass is 399 g/mol. The van der Waals surface area contributed by atoms with Gasteiger partial charge in [-0.05, 0) is 67.6 Å². The number of carbonyl (C=O) groups is 1. The molecule has 28 heavy (non-hydrogen) atoms. The third-order valence-corrected chi connectivity index (χ3v) is 5.98. The van der Waals surface area contributed by atoms with Crippen LogP contribution in [0.5, 0.6) is 5.75 Å². The van der Waals surface area contributed by atoms with Crippen LogP contribution in [-0.4, -0.2) is 12.5 Å². The van der Waals surface area contributed by atoms with Crippen molar-refractivity contribution in [3.63, 3.8) is 0 Å². The minimum absolute atomic E-state index is 0.0774. The van der Waals surface area contributed by atoms with E-state index in [0.29, 0.717) is 5.02 Å². The molecule has 3 nitrogen and oxygen atoms in total. The molecule has 1 N–H and O–H groups in total. The van der Waals surface area contributed by atoms with Crippen LogP contribution in [0.2, 0.25) is 5.02 Å². The molecule has 2 aromatic carbocycles. The largest absolute Gasteiger partial charge is 0.493 e. The Bertz CT molecular complexity index is 795. The molecule has 0 spiro atoms. The molecule has 2 aromatic rings. The molecule has 0 bridgehead atoms. The van der Waals surface area contributed by atoms with Crippen LogP contribution in [0.15, 0.2) is 42.5 Å². The third-order valence-electron chi connectivity index (χ3n) is 5.73. The summed E-state index contributed by atoms with van der Waals surface area (Å²) in [5.74, 6) is 0.963. The van der Waals surface area contributed by atoms with Gasteiger partial charge in [0.2, 0.25) is 5.91 Å². The Kier molecular flexibility index (Phi) is 7.01. The Morgan fingerprint density at radius 1 is 1.11 bits per heavy atom. The highest BCUT2D eigenvalue weighted by molar-refractivity contribution is 6.30. The smallest absolute Gasteiger partial charge is 0.235 e. The molecule has 1 fully saturated rings. The van der Waals surface area contributed by atoms with E-state index in [4.69, 9.17) is 16.3 Å². The number of anilines is 1. The van der Waals surface area contributed by atoms with Crippen LogP contribution in [0.25, 0.3) is 0 Å². The van der Waals surface area contributed by atoms with E-state index in [1.54, 1.807) is 0 Å². The summed E-state index contributed by atoms with van der Waals surface area (Å²) in [5.41, 5.74) is 2.44. The van der Waals surface area contributed by atoms with Crippen molar-refractivity contribution in [3.05, 3.63) is 58.6 Å². The summed E-state index contributed by atoms with van der Waals surface area (Å²) >= 11 is 6.07. The molecule has 0 saturated heterocycles. The number of ether oxygens (including phenoxy) is 1. The minimum Gasteiger partial charge on any atom is -0.493 e. The minimum atomic E-state index is -0.479. The summed E-state index contributed by atoms with van der Waals surface area (Å²) in [4.78, 5) is 13.4. The van der Waals surface area contributed by atoms with Crippen molar-refractivity contribution in [3.8, 4) is 5.75 Å². The van der Waals surface area contributed by atoms with Crippen LogP contribution in [0, 0.1) is 6.92 Å². The van der Waals surface area contributed by atoms with Gasteiger partial charge in [-0.3, -0.25) is 4.79 Å². The van der Waals surface area contributed by atoms with Gasteiger partial charge < -0.3 is 10.1 Å². The summed E-state index contributed by atoms with van der Waals surface area (Å²) in [5, 5.41) is 3.87. The van der Waals surface area contributed by atoms with Crippen molar-refractivity contribution in [1.29, 1.82) is 0 Å². The van der Waals surface area contributed by atoms with Crippen LogP contribution in [-0.2, 0) is 10.2 Å². The zero-order valence-corrected chi connectivity index (χ0v) is 17.6. The first-order valence-corrected chi connectivity index (χ1v) is 10.7. The Morgan fingerprint density at radius 3 is 2.46 bits per heavy atom. The molecule has 1 aliphatic rings. The molecule has 0 heterocycles. The van der Waals surface area contributed by atoms with Crippen molar-refractivity contribution in [2.75, 3.05) is 11.9 Å². The van der Waals surface area contributed by atoms with E-state index >= 15 is 0 Å². The highest BCUT2D eigenvalue weighted by Gasteiger charge is 2.41. The molecule has 0 atom stereocenters. The molecular formula is C24H30ClNO2. The van der Waals surface area contributed by atoms with Gasteiger partial charge >= 0.3 is 0 Å². The lowest BCUT2D eigenvalue weighted by atomic mass is 9.68. The lowest BCUT2D eigenvalue weighted by Gasteiger charge is -2.36. The van der Waals surface area contributed by atoms with E-state index in [1.165, 1.54) is 6.42 Å². The lowest BCUT2D eigenvalue weighted by molar-refractivity contribution is -0.122. The number of halogens is 1. The summed E-state index contributed by atoms with van der Waals surface area (Å²) < 4.78 is 5.83. The van der Waals surface area contributed by atoms with Gasteiger partial charge in [0.25, 0.3) is 0 Å². The second kappa shape index (κ2) is 9.47. The molecule has 0 unspecified atom stereocenters. The van der Waals surface area contributed by atoms with E-state index in [-0.39, 0.29) is 5.91 Å². The van der Waals surface area contributed by atoms with Gasteiger partial charge in [-0.15, -0.1) is 0 Å². The van der Waals surface area contributed by atoms with Crippen molar-refractivity contribution < 1.29 is 9.53 Å². The van der Waals surface area contributed by atoms with E-state index in [0.717, 1.165) is 67.7 Å². The fourth-order valence-corrected chi connectivity index (χ4v) is 4.16. The van der Waals surface area contributed by atoms with E-state index in [1.807, 2.05) is 49.4 Å². The van der Waals surface area contributed by atoms with Gasteiger partial charge in [-0.1, -0.05) is 56.3 Å². The average molecular weight is 400 g/mol. The Morgan fingerprint density at radius 2 is 1.82 bits per heavy atom. The predicted molar refractivity (Wildman–Crippen MR) is 116 cm³/mol. The van der Waals surface area contributed by atoms with Gasteiger partial charge in [0, 0.05) is 10.7 Å². The fourth-order valence-electron chi connectivity index (χ4n) is 4.04. The van der Waals surface area contributed by atoms with Crippen molar-refractivity contribution >= 4 is 23.2 Å². The van der Waals surface area contributed by atoms with Crippen LogP contribution < -0.4 is 10.1 Å². The van der Waals surface area contributed by atoms with Crippen molar-refractivity contribution in [2.24, 2.45) is 0 Å². The number of hydrogen-bond donors (Lipinski definition) is 1. The average Bonchev–Trinajstić information content (AvgIpc) is 2.71. The van der Waals surface area contributed by atoms with Crippen molar-refractivity contribution in [2.45, 2.75) is 64.2 Å². The number of benzene rings is 2. The highest BCUT2D eigenvalue weighted by atomic mass is 35.5. The maximum absolute atomic E-state index is 13.4. The number of nitrogens with one attached hydrogen (secondary N) is 1. The molecule has 0 aliphatic heterocycles. The van der Waals surface area contributed by atoms with Crippen molar-refractivity contribution in [1.82, 2.24) is 0 Å². The Balaban J connectivity index is 1.79. The second-order valence-corrected chi connectivity index (χ2v) is 8.22. The number of carbonyl (C=O) groups excluding carboxylic acids is 1. The number of rotatable bonds is 7. The zero-order chi connectivity index (χ0) is 20.0. The lowest BCUT2D eigenvalue weighted by Crippen LogP contribution is -2.42. The van der Waals surface area contributed by atoms with Crippen LogP contribution in [0.4, 0.5) is 5.69 Å².